The highest BCUT2D eigenvalue weighted by Gasteiger charge is 2.33. The normalized spacial score (nSPS) is 18.3. The summed E-state index contributed by atoms with van der Waals surface area (Å²) in [5.41, 5.74) is 6.13. The van der Waals surface area contributed by atoms with Crippen molar-refractivity contribution >= 4 is 27.3 Å². The topological polar surface area (TPSA) is 72.2 Å². The van der Waals surface area contributed by atoms with E-state index in [-0.39, 0.29) is 15.3 Å². The van der Waals surface area contributed by atoms with Gasteiger partial charge in [0.1, 0.15) is 4.90 Å². The summed E-state index contributed by atoms with van der Waals surface area (Å²) in [7, 11) is -3.61. The van der Waals surface area contributed by atoms with Gasteiger partial charge >= 0.3 is 0 Å². The molecule has 0 heterocycles. The molecule has 4 nitrogen and oxygen atoms in total. The second-order valence-electron chi connectivity index (χ2n) is 5.58. The Balaban J connectivity index is 2.17. The third-order valence-corrected chi connectivity index (χ3v) is 6.18. The van der Waals surface area contributed by atoms with Crippen LogP contribution in [0.3, 0.4) is 0 Å². The van der Waals surface area contributed by atoms with Crippen LogP contribution in [-0.2, 0) is 10.0 Å². The Morgan fingerprint density at radius 3 is 2.60 bits per heavy atom. The molecule has 3 N–H and O–H groups in total. The molecule has 2 rings (SSSR count). The lowest BCUT2D eigenvalue weighted by Gasteiger charge is -2.27. The van der Waals surface area contributed by atoms with E-state index < -0.39 is 10.0 Å². The summed E-state index contributed by atoms with van der Waals surface area (Å²) in [6, 6.07) is 4.50. The van der Waals surface area contributed by atoms with Crippen LogP contribution in [0.1, 0.15) is 39.0 Å². The fourth-order valence-corrected chi connectivity index (χ4v) is 4.52. The van der Waals surface area contributed by atoms with Gasteiger partial charge in [-0.05, 0) is 42.9 Å². The number of nitrogens with two attached hydrogens (primary N) is 1. The standard InChI is InChI=1S/C14H21ClN2O2S/c1-2-14(7-3-4-8-14)10-17-20(18,19)13-9-11(16)5-6-12(13)15/h5-6,9,17H,2-4,7-8,10,16H2,1H3. The maximum absolute atomic E-state index is 12.4. The molecule has 1 saturated carbocycles. The molecule has 0 atom stereocenters. The Hall–Kier alpha value is -0.780. The molecule has 0 aromatic heterocycles. The predicted molar refractivity (Wildman–Crippen MR) is 82.2 cm³/mol. The van der Waals surface area contributed by atoms with Crippen LogP contribution in [-0.4, -0.2) is 15.0 Å². The van der Waals surface area contributed by atoms with E-state index in [9.17, 15) is 8.42 Å². The quantitative estimate of drug-likeness (QED) is 0.819. The molecular formula is C14H21ClN2O2S. The highest BCUT2D eigenvalue weighted by molar-refractivity contribution is 7.89. The number of halogens is 1. The minimum atomic E-state index is -3.61. The number of benzene rings is 1. The summed E-state index contributed by atoms with van der Waals surface area (Å²) in [4.78, 5) is 0.0587. The zero-order valence-corrected chi connectivity index (χ0v) is 13.2. The number of hydrogen-bond donors (Lipinski definition) is 2. The van der Waals surface area contributed by atoms with Gasteiger partial charge in [0.25, 0.3) is 0 Å². The van der Waals surface area contributed by atoms with E-state index in [1.165, 1.54) is 25.0 Å². The Labute approximate surface area is 125 Å². The lowest BCUT2D eigenvalue weighted by atomic mass is 9.84. The third kappa shape index (κ3) is 3.27. The van der Waals surface area contributed by atoms with Gasteiger partial charge in [0, 0.05) is 12.2 Å². The molecule has 0 unspecified atom stereocenters. The zero-order chi connectivity index (χ0) is 14.8. The largest absolute Gasteiger partial charge is 0.399 e. The number of rotatable bonds is 5. The summed E-state index contributed by atoms with van der Waals surface area (Å²) in [6.07, 6.45) is 5.50. The average molecular weight is 317 g/mol. The molecule has 112 valence electrons. The third-order valence-electron chi connectivity index (χ3n) is 4.30. The Bertz CT molecular complexity index is 581. The zero-order valence-electron chi connectivity index (χ0n) is 11.7. The van der Waals surface area contributed by atoms with E-state index in [2.05, 4.69) is 11.6 Å². The van der Waals surface area contributed by atoms with Gasteiger partial charge in [-0.15, -0.1) is 0 Å². The first-order valence-electron chi connectivity index (χ1n) is 6.93. The van der Waals surface area contributed by atoms with Crippen LogP contribution in [0.2, 0.25) is 5.02 Å². The minimum absolute atomic E-state index is 0.0587. The van der Waals surface area contributed by atoms with E-state index in [1.807, 2.05) is 0 Å². The van der Waals surface area contributed by atoms with E-state index >= 15 is 0 Å². The molecule has 0 amide bonds. The summed E-state index contributed by atoms with van der Waals surface area (Å²) in [5, 5.41) is 0.198. The number of hydrogen-bond acceptors (Lipinski definition) is 3. The molecule has 0 saturated heterocycles. The highest BCUT2D eigenvalue weighted by Crippen LogP contribution is 2.40. The van der Waals surface area contributed by atoms with Crippen molar-refractivity contribution in [2.45, 2.75) is 43.9 Å². The van der Waals surface area contributed by atoms with E-state index in [0.717, 1.165) is 19.3 Å². The molecule has 0 radical (unpaired) electrons. The number of nitrogen functional groups attached to an aromatic ring is 1. The molecule has 1 aliphatic carbocycles. The van der Waals surface area contributed by atoms with Gasteiger partial charge in [0.05, 0.1) is 5.02 Å². The smallest absolute Gasteiger partial charge is 0.242 e. The van der Waals surface area contributed by atoms with Gasteiger partial charge in [0.15, 0.2) is 0 Å². The monoisotopic (exact) mass is 316 g/mol. The molecule has 1 fully saturated rings. The number of nitrogens with one attached hydrogen (secondary N) is 1. The van der Waals surface area contributed by atoms with E-state index in [0.29, 0.717) is 12.2 Å². The molecular weight excluding hydrogens is 296 g/mol. The molecule has 0 spiro atoms. The fraction of sp³-hybridized carbons (Fsp3) is 0.571. The van der Waals surface area contributed by atoms with Crippen LogP contribution in [0, 0.1) is 5.41 Å². The summed E-state index contributed by atoms with van der Waals surface area (Å²) >= 11 is 5.97. The minimum Gasteiger partial charge on any atom is -0.399 e. The van der Waals surface area contributed by atoms with Crippen molar-refractivity contribution in [3.63, 3.8) is 0 Å². The van der Waals surface area contributed by atoms with Gasteiger partial charge in [-0.1, -0.05) is 31.4 Å². The SMILES string of the molecule is CCC1(CNS(=O)(=O)c2cc(N)ccc2Cl)CCCC1. The predicted octanol–water partition coefficient (Wildman–Crippen LogP) is 3.17. The molecule has 1 aromatic rings. The van der Waals surface area contributed by atoms with Crippen LogP contribution in [0.15, 0.2) is 23.1 Å². The van der Waals surface area contributed by atoms with Crippen LogP contribution in [0.25, 0.3) is 0 Å². The van der Waals surface area contributed by atoms with Gasteiger partial charge in [0.2, 0.25) is 10.0 Å². The van der Waals surface area contributed by atoms with Crippen molar-refractivity contribution in [2.75, 3.05) is 12.3 Å². The lowest BCUT2D eigenvalue weighted by Crippen LogP contribution is -2.35. The van der Waals surface area contributed by atoms with Crippen molar-refractivity contribution < 1.29 is 8.42 Å². The van der Waals surface area contributed by atoms with Crippen molar-refractivity contribution in [3.05, 3.63) is 23.2 Å². The van der Waals surface area contributed by atoms with Gasteiger partial charge in [-0.3, -0.25) is 0 Å². The average Bonchev–Trinajstić information content (AvgIpc) is 2.89. The molecule has 1 aliphatic rings. The Morgan fingerprint density at radius 1 is 1.35 bits per heavy atom. The first kappa shape index (κ1) is 15.6. The highest BCUT2D eigenvalue weighted by atomic mass is 35.5. The van der Waals surface area contributed by atoms with Crippen LogP contribution < -0.4 is 10.5 Å². The van der Waals surface area contributed by atoms with Gasteiger partial charge in [-0.25, -0.2) is 13.1 Å². The maximum Gasteiger partial charge on any atom is 0.242 e. The van der Waals surface area contributed by atoms with E-state index in [1.54, 1.807) is 6.07 Å². The van der Waals surface area contributed by atoms with Crippen LogP contribution in [0.4, 0.5) is 5.69 Å². The van der Waals surface area contributed by atoms with Gasteiger partial charge < -0.3 is 5.73 Å². The van der Waals surface area contributed by atoms with Crippen molar-refractivity contribution in [1.29, 1.82) is 0 Å². The Morgan fingerprint density at radius 2 is 2.00 bits per heavy atom. The first-order valence-corrected chi connectivity index (χ1v) is 8.79. The van der Waals surface area contributed by atoms with Gasteiger partial charge in [-0.2, -0.15) is 0 Å². The Kier molecular flexibility index (Phi) is 4.62. The first-order chi connectivity index (χ1) is 9.38. The van der Waals surface area contributed by atoms with Crippen molar-refractivity contribution in [2.24, 2.45) is 5.41 Å². The van der Waals surface area contributed by atoms with Crippen molar-refractivity contribution in [1.82, 2.24) is 4.72 Å². The molecule has 1 aromatic carbocycles. The van der Waals surface area contributed by atoms with Crippen LogP contribution in [0.5, 0.6) is 0 Å². The lowest BCUT2D eigenvalue weighted by molar-refractivity contribution is 0.285. The molecule has 0 bridgehead atoms. The summed E-state index contributed by atoms with van der Waals surface area (Å²) in [6.45, 7) is 2.59. The molecule has 0 aliphatic heterocycles. The second kappa shape index (κ2) is 5.92. The maximum atomic E-state index is 12.4. The molecule has 20 heavy (non-hydrogen) atoms. The fourth-order valence-electron chi connectivity index (χ4n) is 2.83. The number of anilines is 1. The number of sulfonamides is 1. The molecule has 6 heteroatoms. The summed E-state index contributed by atoms with van der Waals surface area (Å²) in [5.74, 6) is 0. The van der Waals surface area contributed by atoms with Crippen LogP contribution >= 0.6 is 11.6 Å². The second-order valence-corrected chi connectivity index (χ2v) is 7.72. The van der Waals surface area contributed by atoms with E-state index in [4.69, 9.17) is 17.3 Å². The summed E-state index contributed by atoms with van der Waals surface area (Å²) < 4.78 is 27.4. The van der Waals surface area contributed by atoms with Crippen molar-refractivity contribution in [3.8, 4) is 0 Å².